The second-order valence-electron chi connectivity index (χ2n) is 6.08. The van der Waals surface area contributed by atoms with Crippen molar-refractivity contribution in [3.05, 3.63) is 60.4 Å². The van der Waals surface area contributed by atoms with Crippen LogP contribution in [-0.4, -0.2) is 16.2 Å². The molecular weight excluding hydrogens is 312 g/mol. The van der Waals surface area contributed by atoms with Crippen LogP contribution < -0.4 is 0 Å². The molecule has 0 aromatic rings. The molecule has 140 valence electrons. The molecule has 0 fully saturated rings. The molecule has 0 aromatic heterocycles. The number of carboxylic acids is 1. The summed E-state index contributed by atoms with van der Waals surface area (Å²) in [7, 11) is 0. The number of hydrogen-bond acceptors (Lipinski definition) is 2. The molecule has 0 saturated heterocycles. The van der Waals surface area contributed by atoms with E-state index in [0.717, 1.165) is 12.5 Å². The minimum absolute atomic E-state index is 0.132. The van der Waals surface area contributed by atoms with Crippen LogP contribution in [0.3, 0.4) is 0 Å². The van der Waals surface area contributed by atoms with Gasteiger partial charge in [0.05, 0.1) is 0 Å². The maximum Gasteiger partial charge on any atom is 0.328 e. The van der Waals surface area contributed by atoms with Crippen molar-refractivity contribution in [3.8, 4) is 0 Å². The maximum absolute atomic E-state index is 10.2. The van der Waals surface area contributed by atoms with Crippen molar-refractivity contribution >= 4 is 5.97 Å². The van der Waals surface area contributed by atoms with Crippen molar-refractivity contribution < 1.29 is 15.0 Å². The second kappa shape index (κ2) is 18.3. The average Bonchev–Trinajstić information content (AvgIpc) is 2.58. The molecule has 0 aliphatic heterocycles. The number of allylic oxidation sites excluding steroid dienone is 8. The molecular formula is C22H34O3. The van der Waals surface area contributed by atoms with Crippen LogP contribution in [0.4, 0.5) is 0 Å². The Kier molecular flexibility index (Phi) is 16.8. The summed E-state index contributed by atoms with van der Waals surface area (Å²) >= 11 is 0. The lowest BCUT2D eigenvalue weighted by atomic mass is 10.1. The Bertz CT molecular complexity index is 468. The number of aliphatic carboxylic acids is 1. The highest BCUT2D eigenvalue weighted by atomic mass is 16.4. The highest BCUT2D eigenvalue weighted by molar-refractivity contribution is 5.80. The van der Waals surface area contributed by atoms with Gasteiger partial charge in [-0.1, -0.05) is 94.7 Å². The molecule has 2 N–H and O–H groups in total. The van der Waals surface area contributed by atoms with Crippen molar-refractivity contribution in [1.82, 2.24) is 0 Å². The molecule has 0 unspecified atom stereocenters. The Hall–Kier alpha value is -2.03. The number of aliphatic hydroxyl groups is 1. The minimum atomic E-state index is -0.991. The van der Waals surface area contributed by atoms with E-state index in [-0.39, 0.29) is 5.76 Å². The average molecular weight is 347 g/mol. The molecule has 0 bridgehead atoms. The number of aliphatic hydroxyl groups excluding tert-OH is 1. The third kappa shape index (κ3) is 19.9. The van der Waals surface area contributed by atoms with E-state index in [2.05, 4.69) is 13.0 Å². The third-order valence-electron chi connectivity index (χ3n) is 3.72. The fraction of sp³-hybridized carbons (Fsp3) is 0.500. The first-order valence-electron chi connectivity index (χ1n) is 9.47. The Morgan fingerprint density at radius 1 is 0.720 bits per heavy atom. The zero-order chi connectivity index (χ0) is 18.6. The van der Waals surface area contributed by atoms with Crippen LogP contribution in [0.5, 0.6) is 0 Å². The summed E-state index contributed by atoms with van der Waals surface area (Å²) in [5.74, 6) is -0.859. The van der Waals surface area contributed by atoms with Crippen LogP contribution in [0.25, 0.3) is 0 Å². The number of rotatable bonds is 15. The largest absolute Gasteiger partial charge is 0.508 e. The number of hydrogen-bond donors (Lipinski definition) is 2. The number of unbranched alkanes of at least 4 members (excludes halogenated alkanes) is 9. The highest BCUT2D eigenvalue weighted by Crippen LogP contribution is 2.10. The molecule has 0 rings (SSSR count). The Balaban J connectivity index is 3.63. The lowest BCUT2D eigenvalue weighted by molar-refractivity contribution is -0.131. The van der Waals surface area contributed by atoms with Gasteiger partial charge in [0.1, 0.15) is 5.76 Å². The first kappa shape index (κ1) is 23.0. The number of carbonyl (C=O) groups is 1. The summed E-state index contributed by atoms with van der Waals surface area (Å²) in [6.07, 6.45) is 27.7. The predicted molar refractivity (Wildman–Crippen MR) is 107 cm³/mol. The summed E-state index contributed by atoms with van der Waals surface area (Å²) in [6.45, 7) is 2.25. The van der Waals surface area contributed by atoms with Gasteiger partial charge in [-0.15, -0.1) is 0 Å². The van der Waals surface area contributed by atoms with Gasteiger partial charge < -0.3 is 10.2 Å². The van der Waals surface area contributed by atoms with E-state index in [1.165, 1.54) is 69.9 Å². The van der Waals surface area contributed by atoms with E-state index >= 15 is 0 Å². The van der Waals surface area contributed by atoms with Crippen molar-refractivity contribution in [2.45, 2.75) is 71.1 Å². The molecule has 0 amide bonds. The van der Waals surface area contributed by atoms with Gasteiger partial charge in [0.15, 0.2) is 0 Å². The van der Waals surface area contributed by atoms with Crippen LogP contribution in [0.15, 0.2) is 60.4 Å². The first-order chi connectivity index (χ1) is 12.2. The Labute approximate surface area is 153 Å². The minimum Gasteiger partial charge on any atom is -0.508 e. The van der Waals surface area contributed by atoms with Crippen LogP contribution in [0, 0.1) is 0 Å². The van der Waals surface area contributed by atoms with Crippen LogP contribution in [0.2, 0.25) is 0 Å². The molecule has 3 nitrogen and oxygen atoms in total. The van der Waals surface area contributed by atoms with E-state index in [9.17, 15) is 9.90 Å². The molecule has 0 aromatic carbocycles. The summed E-state index contributed by atoms with van der Waals surface area (Å²) < 4.78 is 0. The Morgan fingerprint density at radius 3 is 1.96 bits per heavy atom. The monoisotopic (exact) mass is 346 g/mol. The van der Waals surface area contributed by atoms with Gasteiger partial charge in [0, 0.05) is 6.08 Å². The van der Waals surface area contributed by atoms with Crippen molar-refractivity contribution in [1.29, 1.82) is 0 Å². The van der Waals surface area contributed by atoms with Gasteiger partial charge in [-0.2, -0.15) is 0 Å². The molecule has 0 radical (unpaired) electrons. The number of carboxylic acid groups (broad SMARTS) is 1. The van der Waals surface area contributed by atoms with E-state index < -0.39 is 5.97 Å². The normalized spacial score (nSPS) is 13.1. The van der Waals surface area contributed by atoms with Gasteiger partial charge in [-0.05, 0) is 25.0 Å². The standard InChI is InChI=1S/C22H34O3/c1-2-3-4-5-6-7-8-9-10-11-12-13-15-18-21(23)19-16-14-17-20-22(24)25/h12-20,23H,2-11H2,1H3,(H,24,25)/b13-12+,16-14+,18-15+,20-17+,21-19-. The summed E-state index contributed by atoms with van der Waals surface area (Å²) in [5, 5.41) is 18.0. The molecule has 0 aliphatic rings. The fourth-order valence-corrected chi connectivity index (χ4v) is 2.31. The molecule has 0 aliphatic carbocycles. The lowest BCUT2D eigenvalue weighted by Gasteiger charge is -2.00. The van der Waals surface area contributed by atoms with Crippen molar-refractivity contribution in [3.63, 3.8) is 0 Å². The molecule has 0 atom stereocenters. The summed E-state index contributed by atoms with van der Waals surface area (Å²) in [6, 6.07) is 0. The maximum atomic E-state index is 10.2. The SMILES string of the molecule is CCCCCCCCCCC/C=C/C=C/C(O)=C/C=C/C=C/C(=O)O. The van der Waals surface area contributed by atoms with E-state index in [1.54, 1.807) is 24.3 Å². The zero-order valence-corrected chi connectivity index (χ0v) is 15.6. The van der Waals surface area contributed by atoms with Crippen LogP contribution in [-0.2, 0) is 4.79 Å². The molecule has 3 heteroatoms. The first-order valence-corrected chi connectivity index (χ1v) is 9.47. The van der Waals surface area contributed by atoms with Crippen molar-refractivity contribution in [2.24, 2.45) is 0 Å². The van der Waals surface area contributed by atoms with Gasteiger partial charge in [-0.25, -0.2) is 4.79 Å². The molecule has 0 heterocycles. The Morgan fingerprint density at radius 2 is 1.32 bits per heavy atom. The third-order valence-corrected chi connectivity index (χ3v) is 3.72. The van der Waals surface area contributed by atoms with Gasteiger partial charge in [-0.3, -0.25) is 0 Å². The topological polar surface area (TPSA) is 57.5 Å². The molecule has 0 spiro atoms. The van der Waals surface area contributed by atoms with E-state index in [4.69, 9.17) is 5.11 Å². The zero-order valence-electron chi connectivity index (χ0n) is 15.6. The smallest absolute Gasteiger partial charge is 0.328 e. The molecule has 0 saturated carbocycles. The summed E-state index contributed by atoms with van der Waals surface area (Å²) in [5.41, 5.74) is 0. The van der Waals surface area contributed by atoms with Crippen LogP contribution >= 0.6 is 0 Å². The van der Waals surface area contributed by atoms with Crippen molar-refractivity contribution in [2.75, 3.05) is 0 Å². The molecule has 25 heavy (non-hydrogen) atoms. The second-order valence-corrected chi connectivity index (χ2v) is 6.08. The summed E-state index contributed by atoms with van der Waals surface area (Å²) in [4.78, 5) is 10.2. The van der Waals surface area contributed by atoms with Gasteiger partial charge in [0.2, 0.25) is 0 Å². The van der Waals surface area contributed by atoms with Crippen LogP contribution in [0.1, 0.15) is 71.1 Å². The fourth-order valence-electron chi connectivity index (χ4n) is 2.31. The van der Waals surface area contributed by atoms with Gasteiger partial charge >= 0.3 is 5.97 Å². The highest BCUT2D eigenvalue weighted by Gasteiger charge is 1.91. The predicted octanol–water partition coefficient (Wildman–Crippen LogP) is 6.66. The van der Waals surface area contributed by atoms with Gasteiger partial charge in [0.25, 0.3) is 0 Å². The van der Waals surface area contributed by atoms with E-state index in [0.29, 0.717) is 0 Å². The lowest BCUT2D eigenvalue weighted by Crippen LogP contribution is -1.84. The van der Waals surface area contributed by atoms with E-state index in [1.807, 2.05) is 6.08 Å². The quantitative estimate of drug-likeness (QED) is 0.151.